The van der Waals surface area contributed by atoms with Gasteiger partial charge in [-0.1, -0.05) is 0 Å². The van der Waals surface area contributed by atoms with Gasteiger partial charge in [0.15, 0.2) is 0 Å². The molecule has 3 N–H and O–H groups in total. The molecule has 1 heterocycles. The lowest BCUT2D eigenvalue weighted by Crippen LogP contribution is -2.59. The number of urea groups is 1. The second-order valence-electron chi connectivity index (χ2n) is 7.46. The molecule has 0 bridgehead atoms. The summed E-state index contributed by atoms with van der Waals surface area (Å²) in [6, 6.07) is -0.240. The predicted molar refractivity (Wildman–Crippen MR) is 77.8 cm³/mol. The highest BCUT2D eigenvalue weighted by Crippen LogP contribution is 2.38. The van der Waals surface area contributed by atoms with Crippen LogP contribution in [0.5, 0.6) is 0 Å². The van der Waals surface area contributed by atoms with Gasteiger partial charge >= 0.3 is 12.0 Å². The third-order valence-electron chi connectivity index (χ3n) is 5.62. The Bertz CT molecular complexity index is 447. The number of amides is 2. The fourth-order valence-corrected chi connectivity index (χ4v) is 3.17. The molecule has 120 valence electrons. The van der Waals surface area contributed by atoms with Gasteiger partial charge in [0.05, 0.1) is 17.1 Å². The molecular weight excluding hydrogens is 272 g/mol. The first-order chi connectivity index (χ1) is 9.56. The molecule has 3 unspecified atom stereocenters. The summed E-state index contributed by atoms with van der Waals surface area (Å²) in [6.45, 7) is 7.88. The van der Waals surface area contributed by atoms with Gasteiger partial charge in [0.25, 0.3) is 0 Å². The van der Waals surface area contributed by atoms with Gasteiger partial charge in [-0.2, -0.15) is 0 Å². The summed E-state index contributed by atoms with van der Waals surface area (Å²) in [6.07, 6.45) is 1.47. The monoisotopic (exact) mass is 298 g/mol. The Labute approximate surface area is 125 Å². The molecule has 6 heteroatoms. The maximum atomic E-state index is 12.4. The van der Waals surface area contributed by atoms with E-state index in [1.165, 1.54) is 0 Å². The molecule has 2 aliphatic rings. The number of carbonyl (C=O) groups is 2. The molecule has 21 heavy (non-hydrogen) atoms. The van der Waals surface area contributed by atoms with Crippen molar-refractivity contribution in [2.45, 2.75) is 52.2 Å². The van der Waals surface area contributed by atoms with Crippen molar-refractivity contribution in [3.8, 4) is 0 Å². The van der Waals surface area contributed by atoms with Crippen LogP contribution in [0.25, 0.3) is 0 Å². The number of nitrogens with one attached hydrogen (secondary N) is 1. The number of aliphatic hydroxyl groups is 1. The molecule has 0 spiro atoms. The summed E-state index contributed by atoms with van der Waals surface area (Å²) in [4.78, 5) is 25.5. The zero-order chi connectivity index (χ0) is 16.0. The number of aliphatic carboxylic acids is 1. The summed E-state index contributed by atoms with van der Waals surface area (Å²) in [5, 5.41) is 22.1. The molecule has 2 rings (SSSR count). The average Bonchev–Trinajstić information content (AvgIpc) is 2.91. The number of fused-ring (bicyclic) bond motifs is 1. The highest BCUT2D eigenvalue weighted by Gasteiger charge is 2.47. The minimum absolute atomic E-state index is 0.173. The van der Waals surface area contributed by atoms with Gasteiger partial charge in [-0.05, 0) is 46.5 Å². The second kappa shape index (κ2) is 5.16. The highest BCUT2D eigenvalue weighted by molar-refractivity contribution is 5.80. The van der Waals surface area contributed by atoms with Crippen LogP contribution >= 0.6 is 0 Å². The SMILES string of the molecule is CC(C)(NC(=O)N1CC2CCC(O)C2C1)C(C)(C)C(=O)O. The third kappa shape index (κ3) is 2.73. The maximum absolute atomic E-state index is 12.4. The first-order valence-corrected chi connectivity index (χ1v) is 7.55. The van der Waals surface area contributed by atoms with Gasteiger partial charge in [-0.15, -0.1) is 0 Å². The van der Waals surface area contributed by atoms with E-state index in [1.54, 1.807) is 32.6 Å². The molecule has 0 aromatic rings. The quantitative estimate of drug-likeness (QED) is 0.732. The lowest BCUT2D eigenvalue weighted by atomic mass is 9.74. The summed E-state index contributed by atoms with van der Waals surface area (Å²) in [5.74, 6) is -0.394. The molecule has 0 aromatic carbocycles. The first-order valence-electron chi connectivity index (χ1n) is 7.55. The van der Waals surface area contributed by atoms with E-state index in [0.29, 0.717) is 19.0 Å². The highest BCUT2D eigenvalue weighted by atomic mass is 16.4. The number of likely N-dealkylation sites (tertiary alicyclic amines) is 1. The van der Waals surface area contributed by atoms with E-state index in [0.717, 1.165) is 12.8 Å². The van der Waals surface area contributed by atoms with E-state index in [9.17, 15) is 19.8 Å². The molecule has 6 nitrogen and oxygen atoms in total. The van der Waals surface area contributed by atoms with Crippen LogP contribution in [0.3, 0.4) is 0 Å². The van der Waals surface area contributed by atoms with Crippen molar-refractivity contribution in [3.05, 3.63) is 0 Å². The van der Waals surface area contributed by atoms with Gasteiger partial charge in [-0.25, -0.2) is 4.79 Å². The van der Waals surface area contributed by atoms with Crippen molar-refractivity contribution < 1.29 is 19.8 Å². The van der Waals surface area contributed by atoms with E-state index in [2.05, 4.69) is 5.32 Å². The van der Waals surface area contributed by atoms with Crippen LogP contribution in [0.2, 0.25) is 0 Å². The molecule has 2 fully saturated rings. The standard InChI is InChI=1S/C15H26N2O4/c1-14(2,12(19)20)15(3,4)16-13(21)17-7-9-5-6-11(18)10(9)8-17/h9-11,18H,5-8H2,1-4H3,(H,16,21)(H,19,20). The Kier molecular flexibility index (Phi) is 3.95. The van der Waals surface area contributed by atoms with Crippen molar-refractivity contribution in [2.75, 3.05) is 13.1 Å². The van der Waals surface area contributed by atoms with E-state index in [-0.39, 0.29) is 18.1 Å². The number of carbonyl (C=O) groups excluding carboxylic acids is 1. The Morgan fingerprint density at radius 2 is 1.76 bits per heavy atom. The Morgan fingerprint density at radius 1 is 1.14 bits per heavy atom. The minimum atomic E-state index is -1.07. The molecular formula is C15H26N2O4. The summed E-state index contributed by atoms with van der Waals surface area (Å²) in [5.41, 5.74) is -1.94. The van der Waals surface area contributed by atoms with Crippen LogP contribution in [-0.4, -0.2) is 51.8 Å². The van der Waals surface area contributed by atoms with Crippen LogP contribution in [0.15, 0.2) is 0 Å². The smallest absolute Gasteiger partial charge is 0.317 e. The van der Waals surface area contributed by atoms with Crippen LogP contribution < -0.4 is 5.32 Å². The van der Waals surface area contributed by atoms with E-state index in [1.807, 2.05) is 0 Å². The van der Waals surface area contributed by atoms with Crippen molar-refractivity contribution >= 4 is 12.0 Å². The third-order valence-corrected chi connectivity index (χ3v) is 5.62. The fourth-order valence-electron chi connectivity index (χ4n) is 3.17. The fraction of sp³-hybridized carbons (Fsp3) is 0.867. The normalized spacial score (nSPS) is 29.4. The molecule has 1 saturated carbocycles. The average molecular weight is 298 g/mol. The molecule has 1 saturated heterocycles. The molecule has 3 atom stereocenters. The molecule has 0 radical (unpaired) electrons. The number of hydrogen-bond donors (Lipinski definition) is 3. The van der Waals surface area contributed by atoms with Crippen molar-refractivity contribution in [2.24, 2.45) is 17.3 Å². The van der Waals surface area contributed by atoms with Gasteiger partial charge in [0.1, 0.15) is 0 Å². The minimum Gasteiger partial charge on any atom is -0.481 e. The first kappa shape index (κ1) is 16.1. The van der Waals surface area contributed by atoms with E-state index < -0.39 is 16.9 Å². The molecule has 0 aromatic heterocycles. The number of hydrogen-bond acceptors (Lipinski definition) is 3. The number of carboxylic acids is 1. The topological polar surface area (TPSA) is 89.9 Å². The lowest BCUT2D eigenvalue weighted by Gasteiger charge is -2.39. The van der Waals surface area contributed by atoms with E-state index in [4.69, 9.17) is 0 Å². The Morgan fingerprint density at radius 3 is 2.29 bits per heavy atom. The Balaban J connectivity index is 2.01. The van der Waals surface area contributed by atoms with Crippen LogP contribution in [-0.2, 0) is 4.79 Å². The molecule has 2 amide bonds. The predicted octanol–water partition coefficient (Wildman–Crippen LogP) is 1.29. The number of carboxylic acid groups (broad SMARTS) is 1. The second-order valence-corrected chi connectivity index (χ2v) is 7.46. The summed E-state index contributed by atoms with van der Waals surface area (Å²) < 4.78 is 0. The van der Waals surface area contributed by atoms with Crippen LogP contribution in [0, 0.1) is 17.3 Å². The maximum Gasteiger partial charge on any atom is 0.317 e. The number of rotatable bonds is 3. The Hall–Kier alpha value is -1.30. The van der Waals surface area contributed by atoms with Gasteiger partial charge < -0.3 is 20.4 Å². The molecule has 1 aliphatic carbocycles. The van der Waals surface area contributed by atoms with Gasteiger partial charge in [-0.3, -0.25) is 4.79 Å². The summed E-state index contributed by atoms with van der Waals surface area (Å²) in [7, 11) is 0. The summed E-state index contributed by atoms with van der Waals surface area (Å²) >= 11 is 0. The van der Waals surface area contributed by atoms with Crippen molar-refractivity contribution in [1.29, 1.82) is 0 Å². The van der Waals surface area contributed by atoms with Crippen LogP contribution in [0.1, 0.15) is 40.5 Å². The number of nitrogens with zero attached hydrogens (tertiary/aromatic N) is 1. The van der Waals surface area contributed by atoms with Crippen LogP contribution in [0.4, 0.5) is 4.79 Å². The van der Waals surface area contributed by atoms with Gasteiger partial charge in [0.2, 0.25) is 0 Å². The molecule has 1 aliphatic heterocycles. The zero-order valence-corrected chi connectivity index (χ0v) is 13.2. The van der Waals surface area contributed by atoms with Crippen molar-refractivity contribution in [1.82, 2.24) is 10.2 Å². The van der Waals surface area contributed by atoms with Crippen molar-refractivity contribution in [3.63, 3.8) is 0 Å². The zero-order valence-electron chi connectivity index (χ0n) is 13.2. The lowest BCUT2D eigenvalue weighted by molar-refractivity contribution is -0.150. The van der Waals surface area contributed by atoms with E-state index >= 15 is 0 Å². The van der Waals surface area contributed by atoms with Gasteiger partial charge in [0, 0.05) is 19.0 Å². The number of aliphatic hydroxyl groups excluding tert-OH is 1. The largest absolute Gasteiger partial charge is 0.481 e.